The van der Waals surface area contributed by atoms with Crippen LogP contribution >= 0.6 is 0 Å². The second-order valence-corrected chi connectivity index (χ2v) is 4.61. The van der Waals surface area contributed by atoms with Gasteiger partial charge in [-0.05, 0) is 42.5 Å². The maximum absolute atomic E-state index is 13.9. The number of hydrogen-bond acceptors (Lipinski definition) is 4. The molecule has 3 aromatic rings. The van der Waals surface area contributed by atoms with E-state index in [9.17, 15) is 4.39 Å². The molecule has 3 rings (SSSR count). The standard InChI is InChI=1S/C17H14FNO3/c1-20-13-6-3-11(4-7-13)16-17(22-10-19-16)12-5-8-15(21-2)14(18)9-12/h3-10H,1-2H3. The highest BCUT2D eigenvalue weighted by atomic mass is 19.1. The number of hydrogen-bond donors (Lipinski definition) is 0. The van der Waals surface area contributed by atoms with E-state index in [-0.39, 0.29) is 5.75 Å². The molecule has 2 aromatic carbocycles. The molecule has 0 bridgehead atoms. The molecule has 0 atom stereocenters. The Kier molecular flexibility index (Phi) is 3.78. The predicted molar refractivity (Wildman–Crippen MR) is 80.4 cm³/mol. The minimum Gasteiger partial charge on any atom is -0.497 e. The molecule has 0 unspecified atom stereocenters. The highest BCUT2D eigenvalue weighted by molar-refractivity contribution is 5.77. The molecule has 1 aromatic heterocycles. The fourth-order valence-electron chi connectivity index (χ4n) is 2.21. The van der Waals surface area contributed by atoms with Gasteiger partial charge in [-0.2, -0.15) is 0 Å². The molecule has 5 heteroatoms. The van der Waals surface area contributed by atoms with Gasteiger partial charge in [-0.15, -0.1) is 0 Å². The molecule has 0 N–H and O–H groups in total. The van der Waals surface area contributed by atoms with Crippen molar-refractivity contribution in [3.05, 3.63) is 54.7 Å². The van der Waals surface area contributed by atoms with Gasteiger partial charge in [0.05, 0.1) is 14.2 Å². The van der Waals surface area contributed by atoms with Crippen molar-refractivity contribution in [1.82, 2.24) is 4.98 Å². The molecule has 0 fully saturated rings. The molecular formula is C17H14FNO3. The number of ether oxygens (including phenoxy) is 2. The molecule has 22 heavy (non-hydrogen) atoms. The van der Waals surface area contributed by atoms with Crippen LogP contribution in [0.25, 0.3) is 22.6 Å². The quantitative estimate of drug-likeness (QED) is 0.725. The summed E-state index contributed by atoms with van der Waals surface area (Å²) in [6, 6.07) is 12.1. The summed E-state index contributed by atoms with van der Waals surface area (Å²) in [4.78, 5) is 4.23. The second-order valence-electron chi connectivity index (χ2n) is 4.61. The third-order valence-electron chi connectivity index (χ3n) is 3.34. The molecular weight excluding hydrogens is 285 g/mol. The number of methoxy groups -OCH3 is 2. The molecule has 112 valence electrons. The molecule has 0 aliphatic carbocycles. The average molecular weight is 299 g/mol. The lowest BCUT2D eigenvalue weighted by Crippen LogP contribution is -1.89. The second kappa shape index (κ2) is 5.89. The lowest BCUT2D eigenvalue weighted by Gasteiger charge is -2.05. The third-order valence-corrected chi connectivity index (χ3v) is 3.34. The van der Waals surface area contributed by atoms with E-state index in [1.807, 2.05) is 24.3 Å². The summed E-state index contributed by atoms with van der Waals surface area (Å²) in [6.07, 6.45) is 1.34. The molecule has 0 aliphatic heterocycles. The largest absolute Gasteiger partial charge is 0.497 e. The predicted octanol–water partition coefficient (Wildman–Crippen LogP) is 4.16. The van der Waals surface area contributed by atoms with Crippen LogP contribution in [0.5, 0.6) is 11.5 Å². The Morgan fingerprint density at radius 2 is 1.68 bits per heavy atom. The zero-order chi connectivity index (χ0) is 15.5. The van der Waals surface area contributed by atoms with Crippen molar-refractivity contribution >= 4 is 0 Å². The van der Waals surface area contributed by atoms with Crippen molar-refractivity contribution in [3.63, 3.8) is 0 Å². The van der Waals surface area contributed by atoms with Crippen LogP contribution in [0, 0.1) is 5.82 Å². The first kappa shape index (κ1) is 14.1. The van der Waals surface area contributed by atoms with Gasteiger partial charge >= 0.3 is 0 Å². The van der Waals surface area contributed by atoms with E-state index in [4.69, 9.17) is 13.9 Å². The summed E-state index contributed by atoms with van der Waals surface area (Å²) in [6.45, 7) is 0. The minimum atomic E-state index is -0.447. The number of oxazole rings is 1. The smallest absolute Gasteiger partial charge is 0.182 e. The fraction of sp³-hybridized carbons (Fsp3) is 0.118. The normalized spacial score (nSPS) is 10.5. The molecule has 0 radical (unpaired) electrons. The summed E-state index contributed by atoms with van der Waals surface area (Å²) in [5.41, 5.74) is 2.11. The first-order valence-corrected chi connectivity index (χ1v) is 6.64. The molecule has 4 nitrogen and oxygen atoms in total. The van der Waals surface area contributed by atoms with E-state index in [1.54, 1.807) is 19.2 Å². The van der Waals surface area contributed by atoms with Gasteiger partial charge in [0.1, 0.15) is 11.4 Å². The summed E-state index contributed by atoms with van der Waals surface area (Å²) in [5, 5.41) is 0. The zero-order valence-electron chi connectivity index (χ0n) is 12.2. The van der Waals surface area contributed by atoms with Crippen molar-refractivity contribution in [2.75, 3.05) is 14.2 Å². The number of nitrogens with zero attached hydrogens (tertiary/aromatic N) is 1. The van der Waals surface area contributed by atoms with Gasteiger partial charge in [-0.25, -0.2) is 9.37 Å². The monoisotopic (exact) mass is 299 g/mol. The van der Waals surface area contributed by atoms with Crippen molar-refractivity contribution in [3.8, 4) is 34.1 Å². The van der Waals surface area contributed by atoms with Crippen molar-refractivity contribution < 1.29 is 18.3 Å². The Balaban J connectivity index is 2.02. The van der Waals surface area contributed by atoms with E-state index in [2.05, 4.69) is 4.98 Å². The Hall–Kier alpha value is -2.82. The maximum atomic E-state index is 13.9. The minimum absolute atomic E-state index is 0.189. The summed E-state index contributed by atoms with van der Waals surface area (Å²) in [7, 11) is 3.03. The van der Waals surface area contributed by atoms with Gasteiger partial charge in [-0.3, -0.25) is 0 Å². The Labute approximate surface area is 127 Å². The van der Waals surface area contributed by atoms with Crippen LogP contribution in [0.2, 0.25) is 0 Å². The number of benzene rings is 2. The molecule has 0 spiro atoms. The van der Waals surface area contributed by atoms with Crippen LogP contribution in [0.4, 0.5) is 4.39 Å². The van der Waals surface area contributed by atoms with Gasteiger partial charge in [0.15, 0.2) is 23.7 Å². The van der Waals surface area contributed by atoms with E-state index < -0.39 is 5.82 Å². The first-order valence-electron chi connectivity index (χ1n) is 6.64. The highest BCUT2D eigenvalue weighted by Gasteiger charge is 2.15. The summed E-state index contributed by atoms with van der Waals surface area (Å²) >= 11 is 0. The molecule has 0 saturated heterocycles. The van der Waals surface area contributed by atoms with Gasteiger partial charge in [0.2, 0.25) is 0 Å². The van der Waals surface area contributed by atoms with Crippen LogP contribution in [0.3, 0.4) is 0 Å². The van der Waals surface area contributed by atoms with Gasteiger partial charge in [-0.1, -0.05) is 0 Å². The molecule has 0 amide bonds. The number of aromatic nitrogens is 1. The maximum Gasteiger partial charge on any atom is 0.182 e. The SMILES string of the molecule is COc1ccc(-c2ncoc2-c2ccc(OC)c(F)c2)cc1. The molecule has 1 heterocycles. The lowest BCUT2D eigenvalue weighted by atomic mass is 10.1. The first-order chi connectivity index (χ1) is 10.7. The Bertz CT molecular complexity index is 781. The highest BCUT2D eigenvalue weighted by Crippen LogP contribution is 2.33. The van der Waals surface area contributed by atoms with Crippen molar-refractivity contribution in [2.45, 2.75) is 0 Å². The fourth-order valence-corrected chi connectivity index (χ4v) is 2.21. The topological polar surface area (TPSA) is 44.5 Å². The Morgan fingerprint density at radius 3 is 2.32 bits per heavy atom. The van der Waals surface area contributed by atoms with E-state index in [0.717, 1.165) is 11.3 Å². The molecule has 0 aliphatic rings. The van der Waals surface area contributed by atoms with Crippen LogP contribution in [0.1, 0.15) is 0 Å². The van der Waals surface area contributed by atoms with Crippen molar-refractivity contribution in [2.24, 2.45) is 0 Å². The lowest BCUT2D eigenvalue weighted by molar-refractivity contribution is 0.386. The van der Waals surface area contributed by atoms with Crippen LogP contribution in [0.15, 0.2) is 53.3 Å². The van der Waals surface area contributed by atoms with Crippen molar-refractivity contribution in [1.29, 1.82) is 0 Å². The molecule has 0 saturated carbocycles. The average Bonchev–Trinajstić information content (AvgIpc) is 3.04. The van der Waals surface area contributed by atoms with Gasteiger partial charge in [0.25, 0.3) is 0 Å². The van der Waals surface area contributed by atoms with Gasteiger partial charge < -0.3 is 13.9 Å². The van der Waals surface area contributed by atoms with Gasteiger partial charge in [0, 0.05) is 11.1 Å². The van der Waals surface area contributed by atoms with E-state index >= 15 is 0 Å². The van der Waals surface area contributed by atoms with Crippen LogP contribution in [-0.2, 0) is 0 Å². The summed E-state index contributed by atoms with van der Waals surface area (Å²) in [5.74, 6) is 1.00. The third kappa shape index (κ3) is 2.53. The summed E-state index contributed by atoms with van der Waals surface area (Å²) < 4.78 is 29.4. The van der Waals surface area contributed by atoms with Crippen LogP contribution < -0.4 is 9.47 Å². The number of halogens is 1. The van der Waals surface area contributed by atoms with E-state index in [0.29, 0.717) is 17.0 Å². The zero-order valence-corrected chi connectivity index (χ0v) is 12.2. The Morgan fingerprint density at radius 1 is 0.955 bits per heavy atom. The van der Waals surface area contributed by atoms with E-state index in [1.165, 1.54) is 19.6 Å². The van der Waals surface area contributed by atoms with Crippen LogP contribution in [-0.4, -0.2) is 19.2 Å². The number of rotatable bonds is 4.